The van der Waals surface area contributed by atoms with Crippen LogP contribution >= 0.6 is 0 Å². The minimum absolute atomic E-state index is 0.0830. The molecule has 12 heteroatoms. The summed E-state index contributed by atoms with van der Waals surface area (Å²) in [6, 6.07) is 23.3. The second-order valence-corrected chi connectivity index (χ2v) is 20.6. The average Bonchev–Trinajstić information content (AvgIpc) is 3.69. The Hall–Kier alpha value is -4.94. The molecule has 0 saturated carbocycles. The molecule has 2 fully saturated rings. The normalized spacial score (nSPS) is 22.9. The summed E-state index contributed by atoms with van der Waals surface area (Å²) in [4.78, 5) is 70.5. The second kappa shape index (κ2) is 18.5. The van der Waals surface area contributed by atoms with Crippen LogP contribution in [0.2, 0.25) is 5.04 Å². The zero-order chi connectivity index (χ0) is 41.4. The van der Waals surface area contributed by atoms with E-state index in [-0.39, 0.29) is 48.6 Å². The maximum atomic E-state index is 14.7. The van der Waals surface area contributed by atoms with E-state index in [0.717, 1.165) is 10.4 Å². The molecule has 2 heterocycles. The first-order chi connectivity index (χ1) is 27.1. The van der Waals surface area contributed by atoms with Crippen molar-refractivity contribution in [1.29, 1.82) is 0 Å². The van der Waals surface area contributed by atoms with Gasteiger partial charge in [-0.05, 0) is 73.0 Å². The molecule has 0 radical (unpaired) electrons. The van der Waals surface area contributed by atoms with E-state index in [2.05, 4.69) is 61.0 Å². The fourth-order valence-electron chi connectivity index (χ4n) is 7.87. The fourth-order valence-corrected chi connectivity index (χ4v) is 12.6. The number of rotatable bonds is 13. The highest BCUT2D eigenvalue weighted by Gasteiger charge is 2.51. The van der Waals surface area contributed by atoms with Crippen molar-refractivity contribution in [1.82, 2.24) is 20.9 Å². The molecular weight excluding hydrogens is 740 g/mol. The predicted molar refractivity (Wildman–Crippen MR) is 222 cm³/mol. The summed E-state index contributed by atoms with van der Waals surface area (Å²) < 4.78 is 21.7. The Kier molecular flexibility index (Phi) is 14.1. The Morgan fingerprint density at radius 1 is 0.912 bits per heavy atom. The molecule has 5 rings (SSSR count). The van der Waals surface area contributed by atoms with Crippen molar-refractivity contribution < 1.29 is 32.8 Å². The average molecular weight is 797 g/mol. The van der Waals surface area contributed by atoms with Gasteiger partial charge in [0.1, 0.15) is 35.6 Å². The third-order valence-electron chi connectivity index (χ3n) is 11.4. The molecule has 10 nitrogen and oxygen atoms in total. The second-order valence-electron chi connectivity index (χ2n) is 16.4. The van der Waals surface area contributed by atoms with E-state index in [1.165, 1.54) is 11.0 Å². The van der Waals surface area contributed by atoms with Crippen LogP contribution in [0.15, 0.2) is 97.1 Å². The molecule has 0 aromatic heterocycles. The van der Waals surface area contributed by atoms with Gasteiger partial charge in [-0.25, -0.2) is 4.39 Å². The predicted octanol–water partition coefficient (Wildman–Crippen LogP) is 4.89. The van der Waals surface area contributed by atoms with Crippen LogP contribution in [-0.4, -0.2) is 78.9 Å². The number of benzene rings is 3. The largest absolute Gasteiger partial charge is 0.398 e. The SMILES string of the molecule is CC[C@]1(C)NC(=O)[C@H](CCC=CCC(=O)[C@@H](C)O[Si](c2ccccc2)(c2ccccc2)C(C)(C)C)NC(=O)[C@H]2CCCN2C(=O)[C@H](Cc2ccccc2F)NC1=O. The lowest BCUT2D eigenvalue weighted by atomic mass is 9.94. The first kappa shape index (κ1) is 43.2. The van der Waals surface area contributed by atoms with Crippen LogP contribution in [0.4, 0.5) is 4.39 Å². The first-order valence-corrected chi connectivity index (χ1v) is 22.0. The fraction of sp³-hybridized carbons (Fsp3) is 0.444. The van der Waals surface area contributed by atoms with Crippen LogP contribution in [-0.2, 0) is 34.8 Å². The number of hydrogen-bond donors (Lipinski definition) is 3. The zero-order valence-corrected chi connectivity index (χ0v) is 35.0. The Bertz CT molecular complexity index is 1900. The van der Waals surface area contributed by atoms with Gasteiger partial charge < -0.3 is 25.3 Å². The number of nitrogens with zero attached hydrogens (tertiary/aromatic N) is 1. The molecule has 2 aliphatic heterocycles. The van der Waals surface area contributed by atoms with Gasteiger partial charge in [0.05, 0.1) is 0 Å². The van der Waals surface area contributed by atoms with Crippen molar-refractivity contribution in [3.63, 3.8) is 0 Å². The maximum absolute atomic E-state index is 14.7. The Labute approximate surface area is 337 Å². The van der Waals surface area contributed by atoms with Crippen molar-refractivity contribution in [2.45, 2.75) is 121 Å². The molecule has 2 saturated heterocycles. The molecule has 0 spiro atoms. The van der Waals surface area contributed by atoms with Gasteiger partial charge in [0.15, 0.2) is 5.78 Å². The smallest absolute Gasteiger partial charge is 0.262 e. The summed E-state index contributed by atoms with van der Waals surface area (Å²) in [5.41, 5.74) is -1.18. The monoisotopic (exact) mass is 796 g/mol. The minimum Gasteiger partial charge on any atom is -0.398 e. The summed E-state index contributed by atoms with van der Waals surface area (Å²) in [7, 11) is -2.95. The van der Waals surface area contributed by atoms with Crippen LogP contribution in [0.5, 0.6) is 0 Å². The summed E-state index contributed by atoms with van der Waals surface area (Å²) in [5, 5.41) is 10.4. The van der Waals surface area contributed by atoms with Gasteiger partial charge in [-0.3, -0.25) is 24.0 Å². The van der Waals surface area contributed by atoms with Gasteiger partial charge in [0.25, 0.3) is 8.32 Å². The topological polar surface area (TPSA) is 134 Å². The molecule has 5 atom stereocenters. The molecule has 4 amide bonds. The molecule has 3 aromatic carbocycles. The lowest BCUT2D eigenvalue weighted by Gasteiger charge is -2.44. The van der Waals surface area contributed by atoms with Crippen molar-refractivity contribution in [2.24, 2.45) is 0 Å². The number of halogens is 1. The lowest BCUT2D eigenvalue weighted by Crippen LogP contribution is -2.68. The van der Waals surface area contributed by atoms with E-state index in [1.54, 1.807) is 45.0 Å². The third-order valence-corrected chi connectivity index (χ3v) is 16.5. The zero-order valence-electron chi connectivity index (χ0n) is 34.0. The van der Waals surface area contributed by atoms with E-state index in [4.69, 9.17) is 4.43 Å². The number of hydrogen-bond acceptors (Lipinski definition) is 6. The Morgan fingerprint density at radius 2 is 1.53 bits per heavy atom. The number of Topliss-reactive ketones (excluding diaryl/α,β-unsaturated/α-hetero) is 1. The molecule has 0 aliphatic carbocycles. The number of amides is 4. The summed E-state index contributed by atoms with van der Waals surface area (Å²) in [6.45, 7) is 11.9. The quantitative estimate of drug-likeness (QED) is 0.167. The van der Waals surface area contributed by atoms with Crippen molar-refractivity contribution >= 4 is 48.1 Å². The minimum atomic E-state index is -2.95. The van der Waals surface area contributed by atoms with E-state index in [0.29, 0.717) is 19.3 Å². The van der Waals surface area contributed by atoms with E-state index in [1.807, 2.05) is 42.5 Å². The number of ketones is 1. The van der Waals surface area contributed by atoms with Crippen molar-refractivity contribution in [3.05, 3.63) is 108 Å². The van der Waals surface area contributed by atoms with Crippen LogP contribution < -0.4 is 26.3 Å². The molecule has 304 valence electrons. The molecule has 3 N–H and O–H groups in total. The van der Waals surface area contributed by atoms with Crippen molar-refractivity contribution in [2.75, 3.05) is 6.54 Å². The van der Waals surface area contributed by atoms with Crippen LogP contribution in [0.25, 0.3) is 0 Å². The molecular formula is C45H57FN4O6Si. The van der Waals surface area contributed by atoms with Gasteiger partial charge in [0.2, 0.25) is 23.6 Å². The van der Waals surface area contributed by atoms with E-state index in [9.17, 15) is 28.4 Å². The summed E-state index contributed by atoms with van der Waals surface area (Å²) in [6.07, 6.45) is 4.55. The Morgan fingerprint density at radius 3 is 2.12 bits per heavy atom. The number of carbonyl (C=O) groups is 5. The van der Waals surface area contributed by atoms with Gasteiger partial charge in [0, 0.05) is 19.4 Å². The lowest BCUT2D eigenvalue weighted by molar-refractivity contribution is -0.144. The van der Waals surface area contributed by atoms with Gasteiger partial charge in [-0.1, -0.05) is 119 Å². The highest BCUT2D eigenvalue weighted by molar-refractivity contribution is 6.99. The highest BCUT2D eigenvalue weighted by Crippen LogP contribution is 2.37. The summed E-state index contributed by atoms with van der Waals surface area (Å²) in [5.74, 6) is -2.66. The van der Waals surface area contributed by atoms with E-state index >= 15 is 0 Å². The van der Waals surface area contributed by atoms with Crippen LogP contribution in [0.1, 0.15) is 85.6 Å². The standard InChI is InChI=1S/C45H57FN4O6Si/c1-7-45(6)43(55)48-37(30-32-20-17-18-25-35(32)46)42(54)50-29-19-27-38(50)41(53)47-36(40(52)49-45)26-15-10-16-28-39(51)31(2)56-57(44(3,4)5,33-21-11-8-12-22-33)34-23-13-9-14-24-34/h8-14,16-18,20-25,31,36-38H,7,15,19,26-30H2,1-6H3,(H,47,53)(H,48,55)(H,49,52)/t31-,36+,37+,38-,45+/m1/s1. The maximum Gasteiger partial charge on any atom is 0.262 e. The molecule has 0 unspecified atom stereocenters. The molecule has 57 heavy (non-hydrogen) atoms. The number of nitrogens with one attached hydrogen (secondary N) is 3. The number of allylic oxidation sites excluding steroid dienone is 2. The molecule has 2 aliphatic rings. The summed E-state index contributed by atoms with van der Waals surface area (Å²) >= 11 is 0. The van der Waals surface area contributed by atoms with Crippen molar-refractivity contribution in [3.8, 4) is 0 Å². The van der Waals surface area contributed by atoms with Gasteiger partial charge >= 0.3 is 0 Å². The third kappa shape index (κ3) is 9.79. The molecule has 0 bridgehead atoms. The molecule has 3 aromatic rings. The first-order valence-electron chi connectivity index (χ1n) is 20.0. The Balaban J connectivity index is 1.29. The van der Waals surface area contributed by atoms with Gasteiger partial charge in [-0.2, -0.15) is 0 Å². The van der Waals surface area contributed by atoms with E-state index < -0.39 is 67.5 Å². The highest BCUT2D eigenvalue weighted by atomic mass is 28.4. The van der Waals surface area contributed by atoms with Crippen LogP contribution in [0.3, 0.4) is 0 Å². The van der Waals surface area contributed by atoms with Gasteiger partial charge in [-0.15, -0.1) is 0 Å². The number of carbonyl (C=O) groups excluding carboxylic acids is 5. The number of fused-ring (bicyclic) bond motifs is 1. The van der Waals surface area contributed by atoms with Crippen LogP contribution in [0, 0.1) is 5.82 Å².